The van der Waals surface area contributed by atoms with E-state index in [0.29, 0.717) is 12.2 Å². The maximum absolute atomic E-state index is 12.9. The quantitative estimate of drug-likeness (QED) is 0.580. The molecule has 1 atom stereocenters. The molecular weight excluding hydrogens is 432 g/mol. The van der Waals surface area contributed by atoms with Crippen LogP contribution in [0.4, 0.5) is 5.69 Å². The third-order valence-corrected chi connectivity index (χ3v) is 7.30. The molecule has 0 radical (unpaired) electrons. The Morgan fingerprint density at radius 1 is 1.03 bits per heavy atom. The normalized spacial score (nSPS) is 16.8. The molecule has 3 rings (SSSR count). The lowest BCUT2D eigenvalue weighted by atomic mass is 10.1. The molecule has 1 aliphatic heterocycles. The second kappa shape index (κ2) is 9.92. The Morgan fingerprint density at radius 2 is 1.75 bits per heavy atom. The van der Waals surface area contributed by atoms with Crippen LogP contribution in [0.15, 0.2) is 53.4 Å². The molecule has 32 heavy (non-hydrogen) atoms. The molecule has 0 aliphatic carbocycles. The molecule has 1 saturated heterocycles. The Hall–Kier alpha value is -3.24. The van der Waals surface area contributed by atoms with Crippen molar-refractivity contribution in [2.24, 2.45) is 5.73 Å². The molecule has 1 fully saturated rings. The summed E-state index contributed by atoms with van der Waals surface area (Å²) in [6, 6.07) is 11.9. The monoisotopic (exact) mass is 458 g/mol. The number of rotatable bonds is 7. The van der Waals surface area contributed by atoms with Crippen LogP contribution in [0.2, 0.25) is 0 Å². The first-order chi connectivity index (χ1) is 15.2. The zero-order valence-electron chi connectivity index (χ0n) is 17.7. The third-order valence-electron chi connectivity index (χ3n) is 5.27. The lowest BCUT2D eigenvalue weighted by molar-refractivity contribution is -0.117. The summed E-state index contributed by atoms with van der Waals surface area (Å²) in [4.78, 5) is 35.6. The number of benzene rings is 2. The standard InChI is InChI=1S/C22H26N4O5S/c1-15-5-2-3-12-26(15)32(30,31)19-10-8-16(9-11-19)22(29)25-18-7-4-6-17(13-18)21(28)24-14-20(23)27/h4,6-11,13,15H,2-3,5,12,14H2,1H3,(H2,23,27)(H,24,28)(H,25,29). The molecule has 2 aromatic rings. The molecule has 1 aliphatic rings. The number of sulfonamides is 1. The highest BCUT2D eigenvalue weighted by Gasteiger charge is 2.30. The van der Waals surface area contributed by atoms with E-state index >= 15 is 0 Å². The summed E-state index contributed by atoms with van der Waals surface area (Å²) < 4.78 is 27.4. The van der Waals surface area contributed by atoms with Crippen molar-refractivity contribution >= 4 is 33.4 Å². The number of piperidine rings is 1. The SMILES string of the molecule is CC1CCCCN1S(=O)(=O)c1ccc(C(=O)Nc2cccc(C(=O)NCC(N)=O)c2)cc1. The summed E-state index contributed by atoms with van der Waals surface area (Å²) >= 11 is 0. The second-order valence-corrected chi connectivity index (χ2v) is 9.56. The van der Waals surface area contributed by atoms with Crippen molar-refractivity contribution in [1.29, 1.82) is 0 Å². The van der Waals surface area contributed by atoms with E-state index in [9.17, 15) is 22.8 Å². The fourth-order valence-corrected chi connectivity index (χ4v) is 5.25. The largest absolute Gasteiger partial charge is 0.368 e. The molecule has 10 heteroatoms. The van der Waals surface area contributed by atoms with Crippen LogP contribution in [0.5, 0.6) is 0 Å². The van der Waals surface area contributed by atoms with Crippen molar-refractivity contribution in [2.45, 2.75) is 37.1 Å². The van der Waals surface area contributed by atoms with Crippen molar-refractivity contribution < 1.29 is 22.8 Å². The van der Waals surface area contributed by atoms with Gasteiger partial charge >= 0.3 is 0 Å². The van der Waals surface area contributed by atoms with Gasteiger partial charge in [-0.1, -0.05) is 12.5 Å². The maximum Gasteiger partial charge on any atom is 0.255 e. The van der Waals surface area contributed by atoms with E-state index in [0.717, 1.165) is 19.3 Å². The van der Waals surface area contributed by atoms with Crippen LogP contribution < -0.4 is 16.4 Å². The van der Waals surface area contributed by atoms with E-state index in [1.807, 2.05) is 6.92 Å². The number of hydrogen-bond acceptors (Lipinski definition) is 5. The van der Waals surface area contributed by atoms with Crippen LogP contribution in [0.1, 0.15) is 46.9 Å². The van der Waals surface area contributed by atoms with Crippen LogP contribution in [0.25, 0.3) is 0 Å². The molecule has 3 amide bonds. The molecule has 1 heterocycles. The number of carbonyl (C=O) groups excluding carboxylic acids is 3. The third kappa shape index (κ3) is 5.51. The first kappa shape index (κ1) is 23.4. The van der Waals surface area contributed by atoms with E-state index in [1.165, 1.54) is 40.7 Å². The zero-order chi connectivity index (χ0) is 23.3. The highest BCUT2D eigenvalue weighted by molar-refractivity contribution is 7.89. The maximum atomic E-state index is 12.9. The number of nitrogens with two attached hydrogens (primary N) is 1. The van der Waals surface area contributed by atoms with Crippen LogP contribution in [0.3, 0.4) is 0 Å². The minimum atomic E-state index is -3.62. The topological polar surface area (TPSA) is 139 Å². The van der Waals surface area contributed by atoms with Crippen molar-refractivity contribution in [1.82, 2.24) is 9.62 Å². The summed E-state index contributed by atoms with van der Waals surface area (Å²) in [5.41, 5.74) is 5.92. The smallest absolute Gasteiger partial charge is 0.255 e. The van der Waals surface area contributed by atoms with Crippen molar-refractivity contribution in [2.75, 3.05) is 18.4 Å². The minimum Gasteiger partial charge on any atom is -0.368 e. The fourth-order valence-electron chi connectivity index (χ4n) is 3.55. The molecule has 4 N–H and O–H groups in total. The summed E-state index contributed by atoms with van der Waals surface area (Å²) in [5.74, 6) is -1.61. The molecule has 9 nitrogen and oxygen atoms in total. The van der Waals surface area contributed by atoms with Crippen LogP contribution in [0, 0.1) is 0 Å². The number of hydrogen-bond donors (Lipinski definition) is 3. The van der Waals surface area contributed by atoms with Gasteiger partial charge in [-0.2, -0.15) is 4.31 Å². The van der Waals surface area contributed by atoms with Gasteiger partial charge in [0.2, 0.25) is 15.9 Å². The molecule has 0 spiro atoms. The molecule has 2 aromatic carbocycles. The first-order valence-electron chi connectivity index (χ1n) is 10.3. The Morgan fingerprint density at radius 3 is 2.41 bits per heavy atom. The highest BCUT2D eigenvalue weighted by atomic mass is 32.2. The average Bonchev–Trinajstić information content (AvgIpc) is 2.78. The summed E-state index contributed by atoms with van der Waals surface area (Å²) in [5, 5.41) is 5.05. The van der Waals surface area contributed by atoms with E-state index in [2.05, 4.69) is 10.6 Å². The molecule has 0 aromatic heterocycles. The van der Waals surface area contributed by atoms with Crippen molar-refractivity contribution in [3.05, 3.63) is 59.7 Å². The number of amides is 3. The second-order valence-electron chi connectivity index (χ2n) is 7.67. The predicted octanol–water partition coefficient (Wildman–Crippen LogP) is 1.72. The van der Waals surface area contributed by atoms with Gasteiger partial charge in [0.05, 0.1) is 11.4 Å². The summed E-state index contributed by atoms with van der Waals surface area (Å²) in [6.45, 7) is 2.11. The number of primary amides is 1. The van der Waals surface area contributed by atoms with Gasteiger partial charge in [-0.15, -0.1) is 0 Å². The number of carbonyl (C=O) groups is 3. The first-order valence-corrected chi connectivity index (χ1v) is 11.7. The molecule has 0 bridgehead atoms. The number of nitrogens with zero attached hydrogens (tertiary/aromatic N) is 1. The van der Waals surface area contributed by atoms with Gasteiger partial charge in [0.15, 0.2) is 0 Å². The molecule has 0 saturated carbocycles. The van der Waals surface area contributed by atoms with Crippen molar-refractivity contribution in [3.63, 3.8) is 0 Å². The number of anilines is 1. The lowest BCUT2D eigenvalue weighted by Crippen LogP contribution is -2.41. The number of nitrogens with one attached hydrogen (secondary N) is 2. The summed E-state index contributed by atoms with van der Waals surface area (Å²) in [7, 11) is -3.62. The predicted molar refractivity (Wildman–Crippen MR) is 120 cm³/mol. The van der Waals surface area contributed by atoms with Gasteiger partial charge in [-0.3, -0.25) is 14.4 Å². The Labute approximate surface area is 187 Å². The van der Waals surface area contributed by atoms with Crippen LogP contribution >= 0.6 is 0 Å². The molecule has 170 valence electrons. The summed E-state index contributed by atoms with van der Waals surface area (Å²) in [6.07, 6.45) is 2.68. The van der Waals surface area contributed by atoms with Crippen LogP contribution in [-0.4, -0.2) is 49.6 Å². The molecule has 1 unspecified atom stereocenters. The van der Waals surface area contributed by atoms with Gasteiger partial charge in [0.1, 0.15) is 0 Å². The Kier molecular flexibility index (Phi) is 7.26. The van der Waals surface area contributed by atoms with Gasteiger partial charge in [-0.05, 0) is 62.2 Å². The van der Waals surface area contributed by atoms with Crippen molar-refractivity contribution in [3.8, 4) is 0 Å². The van der Waals surface area contributed by atoms with E-state index < -0.39 is 27.7 Å². The van der Waals surface area contributed by atoms with Gasteiger partial charge in [-0.25, -0.2) is 8.42 Å². The van der Waals surface area contributed by atoms with Crippen LogP contribution in [-0.2, 0) is 14.8 Å². The highest BCUT2D eigenvalue weighted by Crippen LogP contribution is 2.25. The van der Waals surface area contributed by atoms with Gasteiger partial charge in [0.25, 0.3) is 11.8 Å². The van der Waals surface area contributed by atoms with E-state index in [-0.39, 0.29) is 28.6 Å². The average molecular weight is 459 g/mol. The van der Waals surface area contributed by atoms with E-state index in [1.54, 1.807) is 12.1 Å². The minimum absolute atomic E-state index is 0.0517. The lowest BCUT2D eigenvalue weighted by Gasteiger charge is -2.32. The fraction of sp³-hybridized carbons (Fsp3) is 0.318. The van der Waals surface area contributed by atoms with Gasteiger partial charge in [0, 0.05) is 29.4 Å². The molecular formula is C22H26N4O5S. The van der Waals surface area contributed by atoms with Gasteiger partial charge < -0.3 is 16.4 Å². The Balaban J connectivity index is 1.69. The Bertz CT molecular complexity index is 1120. The zero-order valence-corrected chi connectivity index (χ0v) is 18.5. The van der Waals surface area contributed by atoms with E-state index in [4.69, 9.17) is 5.73 Å².